The number of aliphatic hydroxyl groups is 5. The SMILES string of the molecule is CC/C=C\C/C=C\C/C=C\C/C=C\CCCCCCCCCCC(=O)NC(COC1OC(CO)C(O)C(O)C1O)C(O)/C=C/CCCCCCCCCCCCCCC. The highest BCUT2D eigenvalue weighted by molar-refractivity contribution is 5.76. The monoisotopic (exact) mass is 832 g/mol. The van der Waals surface area contributed by atoms with Gasteiger partial charge >= 0.3 is 0 Å². The third-order valence-corrected chi connectivity index (χ3v) is 11.1. The second-order valence-electron chi connectivity index (χ2n) is 16.5. The van der Waals surface area contributed by atoms with Crippen molar-refractivity contribution in [2.24, 2.45) is 0 Å². The number of ether oxygens (including phenoxy) is 2. The van der Waals surface area contributed by atoms with Crippen LogP contribution in [0.15, 0.2) is 60.8 Å². The Kier molecular flexibility index (Phi) is 37.2. The molecule has 0 saturated carbocycles. The Balaban J connectivity index is 2.33. The molecule has 1 amide bonds. The molecule has 0 bridgehead atoms. The molecule has 59 heavy (non-hydrogen) atoms. The van der Waals surface area contributed by atoms with Crippen molar-refractivity contribution in [3.05, 3.63) is 60.8 Å². The molecule has 1 aliphatic rings. The third kappa shape index (κ3) is 30.6. The lowest BCUT2D eigenvalue weighted by Gasteiger charge is -2.40. The Bertz CT molecular complexity index is 1100. The molecule has 9 heteroatoms. The van der Waals surface area contributed by atoms with Gasteiger partial charge in [-0.15, -0.1) is 0 Å². The summed E-state index contributed by atoms with van der Waals surface area (Å²) in [6.45, 7) is 3.65. The molecule has 1 rings (SSSR count). The van der Waals surface area contributed by atoms with Crippen LogP contribution in [0.4, 0.5) is 0 Å². The summed E-state index contributed by atoms with van der Waals surface area (Å²) in [4.78, 5) is 13.0. The van der Waals surface area contributed by atoms with Crippen LogP contribution in [-0.4, -0.2) is 87.5 Å². The number of hydrogen-bond donors (Lipinski definition) is 6. The zero-order valence-electron chi connectivity index (χ0n) is 37.5. The highest BCUT2D eigenvalue weighted by atomic mass is 16.7. The fourth-order valence-corrected chi connectivity index (χ4v) is 7.26. The van der Waals surface area contributed by atoms with Gasteiger partial charge in [0.05, 0.1) is 25.4 Å². The molecule has 1 heterocycles. The van der Waals surface area contributed by atoms with Crippen LogP contribution in [0.1, 0.15) is 194 Å². The lowest BCUT2D eigenvalue weighted by Crippen LogP contribution is -2.60. The summed E-state index contributed by atoms with van der Waals surface area (Å²) in [6.07, 6.45) is 45.4. The Labute approximate surface area is 360 Å². The minimum Gasteiger partial charge on any atom is -0.394 e. The van der Waals surface area contributed by atoms with Gasteiger partial charge in [0, 0.05) is 6.42 Å². The minimum atomic E-state index is -1.57. The van der Waals surface area contributed by atoms with E-state index in [0.29, 0.717) is 6.42 Å². The summed E-state index contributed by atoms with van der Waals surface area (Å²) in [6, 6.07) is -0.811. The molecule has 1 aliphatic heterocycles. The summed E-state index contributed by atoms with van der Waals surface area (Å²) in [5.41, 5.74) is 0. The van der Waals surface area contributed by atoms with Gasteiger partial charge in [-0.2, -0.15) is 0 Å². The number of allylic oxidation sites excluding steroid dienone is 9. The van der Waals surface area contributed by atoms with E-state index in [4.69, 9.17) is 9.47 Å². The van der Waals surface area contributed by atoms with E-state index in [1.165, 1.54) is 96.3 Å². The maximum Gasteiger partial charge on any atom is 0.220 e. The van der Waals surface area contributed by atoms with E-state index in [1.54, 1.807) is 6.08 Å². The lowest BCUT2D eigenvalue weighted by molar-refractivity contribution is -0.302. The van der Waals surface area contributed by atoms with Gasteiger partial charge in [-0.25, -0.2) is 0 Å². The topological polar surface area (TPSA) is 149 Å². The first-order valence-corrected chi connectivity index (χ1v) is 24.0. The molecular weight excluding hydrogens is 743 g/mol. The van der Waals surface area contributed by atoms with E-state index in [0.717, 1.165) is 77.0 Å². The van der Waals surface area contributed by atoms with E-state index in [9.17, 15) is 30.3 Å². The van der Waals surface area contributed by atoms with Crippen molar-refractivity contribution < 1.29 is 39.8 Å². The van der Waals surface area contributed by atoms with Crippen LogP contribution in [0.3, 0.4) is 0 Å². The molecule has 342 valence electrons. The summed E-state index contributed by atoms with van der Waals surface area (Å²) in [5.74, 6) is -0.188. The number of unbranched alkanes of at least 4 members (excludes halogenated alkanes) is 21. The van der Waals surface area contributed by atoms with E-state index in [2.05, 4.69) is 67.8 Å². The second kappa shape index (κ2) is 40.0. The van der Waals surface area contributed by atoms with Crippen molar-refractivity contribution in [3.63, 3.8) is 0 Å². The molecule has 0 aromatic carbocycles. The van der Waals surface area contributed by atoms with Crippen molar-refractivity contribution in [2.75, 3.05) is 13.2 Å². The van der Waals surface area contributed by atoms with E-state index in [1.807, 2.05) is 6.08 Å². The van der Waals surface area contributed by atoms with Gasteiger partial charge in [0.2, 0.25) is 5.91 Å². The molecule has 0 radical (unpaired) electrons. The molecule has 0 aromatic rings. The highest BCUT2D eigenvalue weighted by Crippen LogP contribution is 2.22. The van der Waals surface area contributed by atoms with Gasteiger partial charge < -0.3 is 40.3 Å². The highest BCUT2D eigenvalue weighted by Gasteiger charge is 2.44. The van der Waals surface area contributed by atoms with Crippen LogP contribution in [-0.2, 0) is 14.3 Å². The van der Waals surface area contributed by atoms with Gasteiger partial charge in [-0.3, -0.25) is 4.79 Å². The largest absolute Gasteiger partial charge is 0.394 e. The van der Waals surface area contributed by atoms with E-state index < -0.39 is 49.5 Å². The van der Waals surface area contributed by atoms with Crippen LogP contribution in [0, 0.1) is 0 Å². The average molecular weight is 832 g/mol. The predicted octanol–water partition coefficient (Wildman–Crippen LogP) is 10.4. The molecule has 0 spiro atoms. The molecule has 7 unspecified atom stereocenters. The molecule has 6 N–H and O–H groups in total. The number of hydrogen-bond acceptors (Lipinski definition) is 8. The lowest BCUT2D eigenvalue weighted by atomic mass is 9.99. The first-order chi connectivity index (χ1) is 28.8. The molecule has 7 atom stereocenters. The molecule has 0 aliphatic carbocycles. The van der Waals surface area contributed by atoms with Crippen molar-refractivity contribution in [1.82, 2.24) is 5.32 Å². The first-order valence-electron chi connectivity index (χ1n) is 24.0. The number of nitrogens with one attached hydrogen (secondary N) is 1. The maximum atomic E-state index is 13.0. The summed E-state index contributed by atoms with van der Waals surface area (Å²) in [5, 5.41) is 54.2. The molecule has 1 saturated heterocycles. The van der Waals surface area contributed by atoms with Gasteiger partial charge in [0.15, 0.2) is 6.29 Å². The Morgan fingerprint density at radius 3 is 1.56 bits per heavy atom. The molecule has 9 nitrogen and oxygen atoms in total. The molecule has 1 fully saturated rings. The third-order valence-electron chi connectivity index (χ3n) is 11.1. The van der Waals surface area contributed by atoms with Crippen LogP contribution < -0.4 is 5.32 Å². The van der Waals surface area contributed by atoms with Crippen LogP contribution >= 0.6 is 0 Å². The summed E-state index contributed by atoms with van der Waals surface area (Å²) < 4.78 is 11.2. The van der Waals surface area contributed by atoms with Crippen LogP contribution in [0.25, 0.3) is 0 Å². The van der Waals surface area contributed by atoms with Gasteiger partial charge in [-0.05, 0) is 57.8 Å². The maximum absolute atomic E-state index is 13.0. The molecule has 0 aromatic heterocycles. The summed E-state index contributed by atoms with van der Waals surface area (Å²) in [7, 11) is 0. The predicted molar refractivity (Wildman–Crippen MR) is 244 cm³/mol. The van der Waals surface area contributed by atoms with Crippen LogP contribution in [0.2, 0.25) is 0 Å². The first kappa shape index (κ1) is 54.9. The number of amides is 1. The standard InChI is InChI=1S/C50H89NO8/c1-3-5-7-9-11-13-15-17-19-20-21-22-23-24-26-28-30-32-34-36-38-40-46(54)51-43(42-58-50-49(57)48(56)47(55)45(41-52)59-50)44(53)39-37-35-33-31-29-27-25-18-16-14-12-10-8-6-4-2/h5,7,11,13,17,19,21-22,37,39,43-45,47-50,52-53,55-57H,3-4,6,8-10,12,14-16,18,20,23-36,38,40-42H2,1-2H3,(H,51,54)/b7-5-,13-11-,19-17-,22-21-,39-37+. The van der Waals surface area contributed by atoms with Crippen molar-refractivity contribution in [1.29, 1.82) is 0 Å². The second-order valence-corrected chi connectivity index (χ2v) is 16.5. The number of aliphatic hydroxyl groups excluding tert-OH is 5. The number of rotatable bonds is 39. The summed E-state index contributed by atoms with van der Waals surface area (Å²) >= 11 is 0. The quantitative estimate of drug-likeness (QED) is 0.0265. The number of carbonyl (C=O) groups is 1. The minimum absolute atomic E-state index is 0.188. The van der Waals surface area contributed by atoms with Crippen LogP contribution in [0.5, 0.6) is 0 Å². The zero-order valence-corrected chi connectivity index (χ0v) is 37.5. The smallest absolute Gasteiger partial charge is 0.220 e. The van der Waals surface area contributed by atoms with Crippen molar-refractivity contribution >= 4 is 5.91 Å². The fraction of sp³-hybridized carbons (Fsp3) is 0.780. The van der Waals surface area contributed by atoms with Gasteiger partial charge in [0.25, 0.3) is 0 Å². The Morgan fingerprint density at radius 1 is 0.593 bits per heavy atom. The molecular formula is C50H89NO8. The van der Waals surface area contributed by atoms with Gasteiger partial charge in [0.1, 0.15) is 24.4 Å². The number of carbonyl (C=O) groups excluding carboxylic acids is 1. The average Bonchev–Trinajstić information content (AvgIpc) is 3.23. The van der Waals surface area contributed by atoms with E-state index >= 15 is 0 Å². The Morgan fingerprint density at radius 2 is 1.05 bits per heavy atom. The van der Waals surface area contributed by atoms with Crippen molar-refractivity contribution in [3.8, 4) is 0 Å². The fourth-order valence-electron chi connectivity index (χ4n) is 7.26. The normalized spacial score (nSPS) is 21.2. The van der Waals surface area contributed by atoms with Gasteiger partial charge in [-0.1, -0.05) is 190 Å². The van der Waals surface area contributed by atoms with E-state index in [-0.39, 0.29) is 12.5 Å². The van der Waals surface area contributed by atoms with Crippen molar-refractivity contribution in [2.45, 2.75) is 236 Å². The zero-order chi connectivity index (χ0) is 43.0. The Hall–Kier alpha value is -2.11.